The lowest BCUT2D eigenvalue weighted by molar-refractivity contribution is 0.0697. The summed E-state index contributed by atoms with van der Waals surface area (Å²) in [5, 5.41) is 18.0. The summed E-state index contributed by atoms with van der Waals surface area (Å²) in [6, 6.07) is 13.8. The second kappa shape index (κ2) is 5.81. The van der Waals surface area contributed by atoms with Crippen molar-refractivity contribution in [3.05, 3.63) is 71.0 Å². The van der Waals surface area contributed by atoms with Crippen molar-refractivity contribution < 1.29 is 14.3 Å². The molecule has 0 aliphatic rings. The first kappa shape index (κ1) is 13.5. The van der Waals surface area contributed by atoms with Crippen molar-refractivity contribution in [2.24, 2.45) is 0 Å². The average molecular weight is 267 g/mol. The van der Waals surface area contributed by atoms with Crippen molar-refractivity contribution in [3.63, 3.8) is 0 Å². The minimum atomic E-state index is -1.00. The van der Waals surface area contributed by atoms with Crippen LogP contribution in [-0.2, 0) is 0 Å². The Morgan fingerprint density at radius 2 is 1.60 bits per heavy atom. The predicted molar refractivity (Wildman–Crippen MR) is 73.3 cm³/mol. The van der Waals surface area contributed by atoms with E-state index in [1.807, 2.05) is 6.07 Å². The van der Waals surface area contributed by atoms with Gasteiger partial charge in [0.1, 0.15) is 5.82 Å². The molecule has 0 spiro atoms. The summed E-state index contributed by atoms with van der Waals surface area (Å²) in [6.45, 7) is 0. The van der Waals surface area contributed by atoms with E-state index in [2.05, 4.69) is 0 Å². The van der Waals surface area contributed by atoms with E-state index in [0.29, 0.717) is 16.7 Å². The standard InChI is InChI=1S/C16H10FNO2/c17-15-7-5-12(6-8-15)14(10-18)9-11-1-3-13(4-2-11)16(19)20/h1-9H,(H,19,20). The largest absolute Gasteiger partial charge is 0.478 e. The Morgan fingerprint density at radius 1 is 1.05 bits per heavy atom. The zero-order valence-corrected chi connectivity index (χ0v) is 10.4. The molecule has 0 heterocycles. The van der Waals surface area contributed by atoms with Gasteiger partial charge < -0.3 is 5.11 Å². The zero-order chi connectivity index (χ0) is 14.5. The van der Waals surface area contributed by atoms with Crippen LogP contribution in [0.15, 0.2) is 48.5 Å². The van der Waals surface area contributed by atoms with E-state index >= 15 is 0 Å². The fourth-order valence-electron chi connectivity index (χ4n) is 1.70. The molecule has 0 radical (unpaired) electrons. The van der Waals surface area contributed by atoms with Crippen LogP contribution in [0.25, 0.3) is 11.6 Å². The highest BCUT2D eigenvalue weighted by Crippen LogP contribution is 2.18. The van der Waals surface area contributed by atoms with Crippen LogP contribution in [0.2, 0.25) is 0 Å². The van der Waals surface area contributed by atoms with Crippen LogP contribution in [0, 0.1) is 17.1 Å². The number of nitrogens with zero attached hydrogens (tertiary/aromatic N) is 1. The molecule has 0 fully saturated rings. The minimum Gasteiger partial charge on any atom is -0.478 e. The number of benzene rings is 2. The molecule has 2 rings (SSSR count). The molecule has 20 heavy (non-hydrogen) atoms. The molecule has 0 bridgehead atoms. The van der Waals surface area contributed by atoms with Gasteiger partial charge in [-0.25, -0.2) is 9.18 Å². The number of nitriles is 1. The molecule has 0 unspecified atom stereocenters. The fraction of sp³-hybridized carbons (Fsp3) is 0. The fourth-order valence-corrected chi connectivity index (χ4v) is 1.70. The SMILES string of the molecule is N#CC(=Cc1ccc(C(=O)O)cc1)c1ccc(F)cc1. The predicted octanol–water partition coefficient (Wildman–Crippen LogP) is 3.59. The maximum atomic E-state index is 12.8. The lowest BCUT2D eigenvalue weighted by atomic mass is 10.0. The third-order valence-electron chi connectivity index (χ3n) is 2.74. The van der Waals surface area contributed by atoms with E-state index in [4.69, 9.17) is 10.4 Å². The van der Waals surface area contributed by atoms with Crippen LogP contribution >= 0.6 is 0 Å². The first-order valence-electron chi connectivity index (χ1n) is 5.81. The quantitative estimate of drug-likeness (QED) is 0.682. The van der Waals surface area contributed by atoms with Crippen molar-refractivity contribution in [2.75, 3.05) is 0 Å². The summed E-state index contributed by atoms with van der Waals surface area (Å²) in [5.41, 5.74) is 1.88. The van der Waals surface area contributed by atoms with Crippen molar-refractivity contribution >= 4 is 17.6 Å². The van der Waals surface area contributed by atoms with Crippen LogP contribution in [0.3, 0.4) is 0 Å². The van der Waals surface area contributed by atoms with E-state index < -0.39 is 5.97 Å². The number of rotatable bonds is 3. The topological polar surface area (TPSA) is 61.1 Å². The zero-order valence-electron chi connectivity index (χ0n) is 10.4. The number of allylic oxidation sites excluding steroid dienone is 1. The van der Waals surface area contributed by atoms with Crippen LogP contribution in [0.4, 0.5) is 4.39 Å². The first-order valence-corrected chi connectivity index (χ1v) is 5.81. The second-order valence-electron chi connectivity index (χ2n) is 4.10. The van der Waals surface area contributed by atoms with Gasteiger partial charge in [0, 0.05) is 0 Å². The van der Waals surface area contributed by atoms with Crippen molar-refractivity contribution in [1.82, 2.24) is 0 Å². The third kappa shape index (κ3) is 3.09. The number of hydrogen-bond acceptors (Lipinski definition) is 2. The van der Waals surface area contributed by atoms with Gasteiger partial charge in [0.05, 0.1) is 17.2 Å². The molecular formula is C16H10FNO2. The van der Waals surface area contributed by atoms with Gasteiger partial charge in [0.25, 0.3) is 0 Å². The van der Waals surface area contributed by atoms with Crippen LogP contribution < -0.4 is 0 Å². The second-order valence-corrected chi connectivity index (χ2v) is 4.10. The molecule has 0 aliphatic carbocycles. The number of aromatic carboxylic acids is 1. The van der Waals surface area contributed by atoms with E-state index in [9.17, 15) is 9.18 Å². The van der Waals surface area contributed by atoms with Crippen LogP contribution in [0.1, 0.15) is 21.5 Å². The van der Waals surface area contributed by atoms with Gasteiger partial charge in [-0.1, -0.05) is 24.3 Å². The number of hydrogen-bond donors (Lipinski definition) is 1. The highest BCUT2D eigenvalue weighted by atomic mass is 19.1. The van der Waals surface area contributed by atoms with Gasteiger partial charge in [-0.05, 0) is 41.5 Å². The maximum Gasteiger partial charge on any atom is 0.335 e. The average Bonchev–Trinajstić information content (AvgIpc) is 2.46. The molecular weight excluding hydrogens is 257 g/mol. The van der Waals surface area contributed by atoms with Crippen LogP contribution in [0.5, 0.6) is 0 Å². The Morgan fingerprint density at radius 3 is 2.10 bits per heavy atom. The smallest absolute Gasteiger partial charge is 0.335 e. The highest BCUT2D eigenvalue weighted by Gasteiger charge is 2.03. The number of carboxylic acids is 1. The summed E-state index contributed by atoms with van der Waals surface area (Å²) in [7, 11) is 0. The van der Waals surface area contributed by atoms with Crippen molar-refractivity contribution in [1.29, 1.82) is 5.26 Å². The molecule has 2 aromatic rings. The van der Waals surface area contributed by atoms with Gasteiger partial charge >= 0.3 is 5.97 Å². The Labute approximate surface area is 115 Å². The van der Waals surface area contributed by atoms with Gasteiger partial charge in [-0.2, -0.15) is 5.26 Å². The van der Waals surface area contributed by atoms with Crippen molar-refractivity contribution in [3.8, 4) is 6.07 Å². The lowest BCUT2D eigenvalue weighted by Gasteiger charge is -2.00. The molecule has 0 aromatic heterocycles. The molecule has 0 aliphatic heterocycles. The Balaban J connectivity index is 2.34. The molecule has 0 saturated carbocycles. The monoisotopic (exact) mass is 267 g/mol. The normalized spacial score (nSPS) is 10.9. The number of carbonyl (C=O) groups is 1. The summed E-state index contributed by atoms with van der Waals surface area (Å²) in [6.07, 6.45) is 1.62. The summed E-state index contributed by atoms with van der Waals surface area (Å²) < 4.78 is 12.8. The molecule has 98 valence electrons. The maximum absolute atomic E-state index is 12.8. The van der Waals surface area contributed by atoms with E-state index in [-0.39, 0.29) is 11.4 Å². The molecule has 3 nitrogen and oxygen atoms in total. The van der Waals surface area contributed by atoms with E-state index in [0.717, 1.165) is 0 Å². The number of carboxylic acid groups (broad SMARTS) is 1. The summed E-state index contributed by atoms with van der Waals surface area (Å²) in [5.74, 6) is -1.36. The van der Waals surface area contributed by atoms with Gasteiger partial charge in [-0.15, -0.1) is 0 Å². The molecule has 0 atom stereocenters. The lowest BCUT2D eigenvalue weighted by Crippen LogP contribution is -1.94. The minimum absolute atomic E-state index is 0.183. The number of halogens is 1. The third-order valence-corrected chi connectivity index (χ3v) is 2.74. The molecule has 2 aromatic carbocycles. The molecule has 0 amide bonds. The van der Waals surface area contributed by atoms with E-state index in [1.54, 1.807) is 18.2 Å². The van der Waals surface area contributed by atoms with E-state index in [1.165, 1.54) is 36.4 Å². The summed E-state index contributed by atoms with van der Waals surface area (Å²) in [4.78, 5) is 10.7. The molecule has 1 N–H and O–H groups in total. The molecule has 0 saturated heterocycles. The Bertz CT molecular complexity index is 695. The Hall–Kier alpha value is -2.93. The van der Waals surface area contributed by atoms with Crippen molar-refractivity contribution in [2.45, 2.75) is 0 Å². The van der Waals surface area contributed by atoms with Crippen LogP contribution in [-0.4, -0.2) is 11.1 Å². The highest BCUT2D eigenvalue weighted by molar-refractivity contribution is 5.91. The van der Waals surface area contributed by atoms with Gasteiger partial charge in [-0.3, -0.25) is 0 Å². The summed E-state index contributed by atoms with van der Waals surface area (Å²) >= 11 is 0. The van der Waals surface area contributed by atoms with Gasteiger partial charge in [0.2, 0.25) is 0 Å². The molecule has 4 heteroatoms. The first-order chi connectivity index (χ1) is 9.60. The van der Waals surface area contributed by atoms with Gasteiger partial charge in [0.15, 0.2) is 0 Å². The Kier molecular flexibility index (Phi) is 3.92.